The second-order valence-corrected chi connectivity index (χ2v) is 5.84. The maximum Gasteiger partial charge on any atom is 0.286 e. The van der Waals surface area contributed by atoms with Crippen LogP contribution in [0.4, 0.5) is 0 Å². The molecule has 3 nitrogen and oxygen atoms in total. The maximum absolute atomic E-state index is 4.18. The van der Waals surface area contributed by atoms with Crippen molar-refractivity contribution in [2.45, 2.75) is 6.92 Å². The molecule has 0 N–H and O–H groups in total. The third-order valence-electron chi connectivity index (χ3n) is 4.47. The van der Waals surface area contributed by atoms with Gasteiger partial charge in [0.2, 0.25) is 0 Å². The number of fused-ring (bicyclic) bond motifs is 3. The Bertz CT molecular complexity index is 1010. The summed E-state index contributed by atoms with van der Waals surface area (Å²) < 4.78 is 4.34. The van der Waals surface area contributed by atoms with Crippen LogP contribution in [0.15, 0.2) is 55.0 Å². The zero-order valence-electron chi connectivity index (χ0n) is 13.0. The van der Waals surface area contributed by atoms with Crippen molar-refractivity contribution in [1.29, 1.82) is 0 Å². The van der Waals surface area contributed by atoms with E-state index in [1.165, 1.54) is 38.6 Å². The van der Waals surface area contributed by atoms with Gasteiger partial charge in [0.05, 0.1) is 7.05 Å². The molecule has 0 saturated carbocycles. The molecule has 0 aliphatic rings. The number of benzene rings is 2. The Balaban J connectivity index is 2.12. The second-order valence-electron chi connectivity index (χ2n) is 5.84. The van der Waals surface area contributed by atoms with E-state index in [9.17, 15) is 0 Å². The van der Waals surface area contributed by atoms with Crippen molar-refractivity contribution in [3.63, 3.8) is 0 Å². The summed E-state index contributed by atoms with van der Waals surface area (Å²) in [6.45, 7) is 2.17. The lowest BCUT2D eigenvalue weighted by atomic mass is 10.0. The number of para-hydroxylation sites is 1. The average molecular weight is 288 g/mol. The molecule has 3 heteroatoms. The van der Waals surface area contributed by atoms with Gasteiger partial charge in [0, 0.05) is 40.5 Å². The van der Waals surface area contributed by atoms with Crippen LogP contribution < -0.4 is 4.57 Å². The van der Waals surface area contributed by atoms with Gasteiger partial charge in [0.15, 0.2) is 0 Å². The molecule has 108 valence electrons. The van der Waals surface area contributed by atoms with Crippen LogP contribution in [0.25, 0.3) is 33.1 Å². The molecule has 0 unspecified atom stereocenters. The third-order valence-corrected chi connectivity index (χ3v) is 4.47. The number of rotatable bonds is 1. The minimum Gasteiger partial charge on any atom is -0.344 e. The largest absolute Gasteiger partial charge is 0.344 e. The van der Waals surface area contributed by atoms with E-state index in [0.717, 1.165) is 0 Å². The number of hydrogen-bond donors (Lipinski definition) is 0. The van der Waals surface area contributed by atoms with Crippen molar-refractivity contribution < 1.29 is 4.57 Å². The van der Waals surface area contributed by atoms with E-state index in [2.05, 4.69) is 70.6 Å². The standard InChI is InChI=1S/C19H18N3/c1-13-10-19-16(14-6-4-5-7-18(14)22(19)3)11-15(13)17-8-9-20-12-21(17)2/h4-12H,1-3H3/q+1. The molecule has 0 amide bonds. The molecule has 4 aromatic rings. The summed E-state index contributed by atoms with van der Waals surface area (Å²) in [5.41, 5.74) is 6.27. The first-order valence-corrected chi connectivity index (χ1v) is 7.44. The highest BCUT2D eigenvalue weighted by Crippen LogP contribution is 2.33. The minimum atomic E-state index is 1.18. The second kappa shape index (κ2) is 4.67. The molecule has 0 atom stereocenters. The number of aromatic nitrogens is 3. The normalized spacial score (nSPS) is 11.4. The average Bonchev–Trinajstić information content (AvgIpc) is 2.80. The Labute approximate surface area is 129 Å². The summed E-state index contributed by atoms with van der Waals surface area (Å²) in [4.78, 5) is 4.18. The molecule has 0 bridgehead atoms. The zero-order valence-corrected chi connectivity index (χ0v) is 13.0. The summed E-state index contributed by atoms with van der Waals surface area (Å²) >= 11 is 0. The van der Waals surface area contributed by atoms with Crippen LogP contribution in [0.5, 0.6) is 0 Å². The first kappa shape index (κ1) is 13.0. The fourth-order valence-corrected chi connectivity index (χ4v) is 3.30. The van der Waals surface area contributed by atoms with Crippen molar-refractivity contribution in [2.75, 3.05) is 0 Å². The lowest BCUT2D eigenvalue weighted by Gasteiger charge is -2.07. The van der Waals surface area contributed by atoms with Gasteiger partial charge in [-0.05, 0) is 30.7 Å². The van der Waals surface area contributed by atoms with Crippen LogP contribution in [0, 0.1) is 6.92 Å². The zero-order chi connectivity index (χ0) is 15.3. The van der Waals surface area contributed by atoms with Crippen LogP contribution in [-0.4, -0.2) is 9.55 Å². The fraction of sp³-hybridized carbons (Fsp3) is 0.158. The highest BCUT2D eigenvalue weighted by Gasteiger charge is 2.14. The van der Waals surface area contributed by atoms with E-state index in [1.807, 2.05) is 19.6 Å². The van der Waals surface area contributed by atoms with Crippen molar-refractivity contribution in [3.8, 4) is 11.3 Å². The highest BCUT2D eigenvalue weighted by atomic mass is 15.0. The molecular weight excluding hydrogens is 270 g/mol. The lowest BCUT2D eigenvalue weighted by Crippen LogP contribution is -2.31. The van der Waals surface area contributed by atoms with Gasteiger partial charge < -0.3 is 4.57 Å². The SMILES string of the molecule is Cc1cc2c(cc1-c1ccnc[n+]1C)c1ccccc1n2C. The van der Waals surface area contributed by atoms with Gasteiger partial charge >= 0.3 is 0 Å². The van der Waals surface area contributed by atoms with Crippen molar-refractivity contribution in [2.24, 2.45) is 14.1 Å². The summed E-state index contributed by atoms with van der Waals surface area (Å²) in [6, 6.07) is 15.2. The van der Waals surface area contributed by atoms with E-state index in [4.69, 9.17) is 0 Å². The van der Waals surface area contributed by atoms with E-state index >= 15 is 0 Å². The Morgan fingerprint density at radius 3 is 2.64 bits per heavy atom. The lowest BCUT2D eigenvalue weighted by molar-refractivity contribution is -0.663. The molecule has 4 rings (SSSR count). The Morgan fingerprint density at radius 1 is 1.00 bits per heavy atom. The van der Waals surface area contributed by atoms with E-state index in [-0.39, 0.29) is 0 Å². The van der Waals surface area contributed by atoms with Gasteiger partial charge in [-0.3, -0.25) is 0 Å². The predicted molar refractivity (Wildman–Crippen MR) is 89.6 cm³/mol. The number of nitrogens with zero attached hydrogens (tertiary/aromatic N) is 3. The van der Waals surface area contributed by atoms with E-state index < -0.39 is 0 Å². The van der Waals surface area contributed by atoms with Gasteiger partial charge in [0.1, 0.15) is 11.9 Å². The highest BCUT2D eigenvalue weighted by molar-refractivity contribution is 6.09. The molecule has 2 aromatic carbocycles. The van der Waals surface area contributed by atoms with Crippen LogP contribution in [0.2, 0.25) is 0 Å². The molecule has 2 heterocycles. The molecule has 0 radical (unpaired) electrons. The topological polar surface area (TPSA) is 21.7 Å². The fourth-order valence-electron chi connectivity index (χ4n) is 3.30. The number of hydrogen-bond acceptors (Lipinski definition) is 1. The first-order chi connectivity index (χ1) is 10.7. The van der Waals surface area contributed by atoms with E-state index in [1.54, 1.807) is 0 Å². The maximum atomic E-state index is 4.18. The monoisotopic (exact) mass is 288 g/mol. The molecule has 0 aliphatic carbocycles. The third kappa shape index (κ3) is 1.75. The number of aryl methyl sites for hydroxylation is 3. The first-order valence-electron chi connectivity index (χ1n) is 7.44. The van der Waals surface area contributed by atoms with Crippen LogP contribution >= 0.6 is 0 Å². The quantitative estimate of drug-likeness (QED) is 0.491. The molecule has 22 heavy (non-hydrogen) atoms. The van der Waals surface area contributed by atoms with Gasteiger partial charge in [-0.25, -0.2) is 4.57 Å². The Hall–Kier alpha value is -2.68. The van der Waals surface area contributed by atoms with Gasteiger partial charge in [-0.15, -0.1) is 0 Å². The van der Waals surface area contributed by atoms with E-state index in [0.29, 0.717) is 0 Å². The van der Waals surface area contributed by atoms with Crippen LogP contribution in [0.1, 0.15) is 5.56 Å². The Morgan fingerprint density at radius 2 is 1.82 bits per heavy atom. The minimum absolute atomic E-state index is 1.18. The van der Waals surface area contributed by atoms with Crippen molar-refractivity contribution in [1.82, 2.24) is 9.55 Å². The van der Waals surface area contributed by atoms with Gasteiger partial charge in [-0.2, -0.15) is 0 Å². The molecular formula is C19H18N3+. The van der Waals surface area contributed by atoms with Gasteiger partial charge in [-0.1, -0.05) is 23.2 Å². The Kier molecular flexibility index (Phi) is 2.76. The van der Waals surface area contributed by atoms with Crippen molar-refractivity contribution >= 4 is 21.8 Å². The molecule has 0 fully saturated rings. The summed E-state index contributed by atoms with van der Waals surface area (Å²) in [5.74, 6) is 0. The molecule has 0 spiro atoms. The summed E-state index contributed by atoms with van der Waals surface area (Å²) in [7, 11) is 4.17. The summed E-state index contributed by atoms with van der Waals surface area (Å²) in [6.07, 6.45) is 3.70. The van der Waals surface area contributed by atoms with Crippen LogP contribution in [-0.2, 0) is 14.1 Å². The smallest absolute Gasteiger partial charge is 0.286 e. The summed E-state index contributed by atoms with van der Waals surface area (Å²) in [5, 5.41) is 2.61. The van der Waals surface area contributed by atoms with Crippen molar-refractivity contribution in [3.05, 3.63) is 60.6 Å². The molecule has 0 saturated heterocycles. The molecule has 0 aliphatic heterocycles. The predicted octanol–water partition coefficient (Wildman–Crippen LogP) is 3.53. The van der Waals surface area contributed by atoms with Crippen LogP contribution in [0.3, 0.4) is 0 Å². The van der Waals surface area contributed by atoms with Gasteiger partial charge in [0.25, 0.3) is 6.33 Å². The molecule has 2 aromatic heterocycles.